The zero-order valence-electron chi connectivity index (χ0n) is 6.40. The lowest BCUT2D eigenvalue weighted by Gasteiger charge is -2.07. The largest absolute Gasteiger partial charge is 0.396 e. The van der Waals surface area contributed by atoms with Gasteiger partial charge in [-0.25, -0.2) is 13.8 Å². The third kappa shape index (κ3) is 2.28. The molecule has 0 spiro atoms. The smallest absolute Gasteiger partial charge is 0.265 e. The fourth-order valence-electron chi connectivity index (χ4n) is 0.854. The van der Waals surface area contributed by atoms with Crippen LogP contribution in [0.1, 0.15) is 17.7 Å². The number of anilines is 1. The van der Waals surface area contributed by atoms with Crippen LogP contribution < -0.4 is 5.73 Å². The van der Waals surface area contributed by atoms with E-state index in [1.165, 1.54) is 0 Å². The number of nitrogens with zero attached hydrogens (tertiary/aromatic N) is 1. The Hall–Kier alpha value is -0.420. The van der Waals surface area contributed by atoms with Crippen molar-refractivity contribution >= 4 is 33.2 Å². The number of halogens is 4. The molecule has 0 saturated carbocycles. The highest BCUT2D eigenvalue weighted by atomic mass is 79.9. The van der Waals surface area contributed by atoms with Crippen molar-refractivity contribution < 1.29 is 8.78 Å². The van der Waals surface area contributed by atoms with Gasteiger partial charge in [0.1, 0.15) is 0 Å². The van der Waals surface area contributed by atoms with E-state index in [9.17, 15) is 8.78 Å². The van der Waals surface area contributed by atoms with Gasteiger partial charge in [0, 0.05) is 10.9 Å². The highest BCUT2D eigenvalue weighted by molar-refractivity contribution is 9.08. The molecule has 0 atom stereocenters. The summed E-state index contributed by atoms with van der Waals surface area (Å²) in [6, 6.07) is 1.15. The Morgan fingerprint density at radius 3 is 2.69 bits per heavy atom. The van der Waals surface area contributed by atoms with Crippen LogP contribution in [0.25, 0.3) is 0 Å². The summed E-state index contributed by atoms with van der Waals surface area (Å²) >= 11 is 8.61. The van der Waals surface area contributed by atoms with Gasteiger partial charge in [0.2, 0.25) is 0 Å². The molecule has 0 radical (unpaired) electrons. The molecule has 6 heteroatoms. The van der Waals surface area contributed by atoms with Crippen LogP contribution in [0.15, 0.2) is 6.07 Å². The van der Waals surface area contributed by atoms with Crippen LogP contribution in [-0.2, 0) is 5.33 Å². The molecule has 2 N–H and O–H groups in total. The summed E-state index contributed by atoms with van der Waals surface area (Å²) in [6.45, 7) is 0. The van der Waals surface area contributed by atoms with Crippen molar-refractivity contribution in [1.82, 2.24) is 4.98 Å². The van der Waals surface area contributed by atoms with Crippen LogP contribution in [0.3, 0.4) is 0 Å². The fourth-order valence-corrected chi connectivity index (χ4v) is 1.46. The van der Waals surface area contributed by atoms with Crippen LogP contribution in [0.5, 0.6) is 0 Å². The molecule has 0 saturated heterocycles. The third-order valence-electron chi connectivity index (χ3n) is 1.48. The lowest BCUT2D eigenvalue weighted by atomic mass is 10.2. The van der Waals surface area contributed by atoms with Gasteiger partial charge in [-0.1, -0.05) is 27.5 Å². The molecule has 72 valence electrons. The zero-order chi connectivity index (χ0) is 10.0. The van der Waals surface area contributed by atoms with Crippen LogP contribution in [0.2, 0.25) is 5.15 Å². The summed E-state index contributed by atoms with van der Waals surface area (Å²) in [5, 5.41) is 0.283. The summed E-state index contributed by atoms with van der Waals surface area (Å²) < 4.78 is 24.7. The van der Waals surface area contributed by atoms with Gasteiger partial charge in [0.05, 0.1) is 11.4 Å². The second-order valence-electron chi connectivity index (χ2n) is 2.34. The number of pyridine rings is 1. The van der Waals surface area contributed by atoms with E-state index in [4.69, 9.17) is 17.3 Å². The van der Waals surface area contributed by atoms with Crippen molar-refractivity contribution in [1.29, 1.82) is 0 Å². The summed E-state index contributed by atoms with van der Waals surface area (Å²) in [4.78, 5) is 3.73. The van der Waals surface area contributed by atoms with Crippen molar-refractivity contribution in [2.24, 2.45) is 0 Å². The first-order valence-corrected chi connectivity index (χ1v) is 4.85. The normalized spacial score (nSPS) is 10.8. The molecular weight excluding hydrogens is 265 g/mol. The Labute approximate surface area is 87.2 Å². The number of hydrogen-bond donors (Lipinski definition) is 1. The summed E-state index contributed by atoms with van der Waals surface area (Å²) in [5.41, 5.74) is 5.45. The van der Waals surface area contributed by atoms with Gasteiger partial charge in [-0.3, -0.25) is 0 Å². The molecule has 0 aliphatic carbocycles. The second-order valence-corrected chi connectivity index (χ2v) is 3.26. The lowest BCUT2D eigenvalue weighted by molar-refractivity contribution is 0.150. The van der Waals surface area contributed by atoms with E-state index in [1.54, 1.807) is 0 Å². The Morgan fingerprint density at radius 2 is 2.23 bits per heavy atom. The summed E-state index contributed by atoms with van der Waals surface area (Å²) in [7, 11) is 0. The van der Waals surface area contributed by atoms with E-state index < -0.39 is 6.43 Å². The molecule has 2 nitrogen and oxygen atoms in total. The lowest BCUT2D eigenvalue weighted by Crippen LogP contribution is -2.00. The monoisotopic (exact) mass is 270 g/mol. The molecule has 0 amide bonds. The molecule has 0 bridgehead atoms. The van der Waals surface area contributed by atoms with Crippen molar-refractivity contribution in [3.8, 4) is 0 Å². The van der Waals surface area contributed by atoms with Crippen molar-refractivity contribution in [3.63, 3.8) is 0 Å². The predicted octanol–water partition coefficient (Wildman–Crippen LogP) is 3.15. The van der Waals surface area contributed by atoms with Crippen LogP contribution in [-0.4, -0.2) is 4.98 Å². The first-order valence-electron chi connectivity index (χ1n) is 3.35. The minimum absolute atomic E-state index is 0.0545. The number of nitrogen functional groups attached to an aromatic ring is 1. The van der Waals surface area contributed by atoms with E-state index in [0.717, 1.165) is 6.07 Å². The number of nitrogens with two attached hydrogens (primary N) is 1. The standard InChI is InChI=1S/C7H6BrClF2N2/c8-2-5-3(7(10)11)1-4(12)6(9)13-5/h1,7H,2,12H2. The van der Waals surface area contributed by atoms with Gasteiger partial charge in [-0.15, -0.1) is 0 Å². The molecule has 1 aromatic rings. The van der Waals surface area contributed by atoms with Gasteiger partial charge in [-0.2, -0.15) is 0 Å². The molecular formula is C7H6BrClF2N2. The molecule has 1 heterocycles. The van der Waals surface area contributed by atoms with Gasteiger partial charge in [-0.05, 0) is 6.07 Å². The SMILES string of the molecule is Nc1cc(C(F)F)c(CBr)nc1Cl. The topological polar surface area (TPSA) is 38.9 Å². The maximum Gasteiger partial charge on any atom is 0.265 e. The Bertz CT molecular complexity index is 320. The maximum absolute atomic E-state index is 12.4. The average Bonchev–Trinajstić information content (AvgIpc) is 2.08. The number of rotatable bonds is 2. The summed E-state index contributed by atoms with van der Waals surface area (Å²) in [6.07, 6.45) is -2.58. The molecule has 1 aromatic heterocycles. The number of alkyl halides is 3. The zero-order valence-corrected chi connectivity index (χ0v) is 8.74. The predicted molar refractivity (Wildman–Crippen MR) is 51.2 cm³/mol. The van der Waals surface area contributed by atoms with E-state index >= 15 is 0 Å². The van der Waals surface area contributed by atoms with Crippen LogP contribution >= 0.6 is 27.5 Å². The van der Waals surface area contributed by atoms with Gasteiger partial charge in [0.25, 0.3) is 6.43 Å². The first-order chi connectivity index (χ1) is 6.06. The third-order valence-corrected chi connectivity index (χ3v) is 2.31. The summed E-state index contributed by atoms with van der Waals surface area (Å²) in [5.74, 6) is 0. The maximum atomic E-state index is 12.4. The minimum Gasteiger partial charge on any atom is -0.396 e. The Balaban J connectivity index is 3.25. The van der Waals surface area contributed by atoms with Crippen LogP contribution in [0.4, 0.5) is 14.5 Å². The Morgan fingerprint density at radius 1 is 1.62 bits per heavy atom. The minimum atomic E-state index is -2.58. The van der Waals surface area contributed by atoms with E-state index in [2.05, 4.69) is 20.9 Å². The number of aromatic nitrogens is 1. The highest BCUT2D eigenvalue weighted by Gasteiger charge is 2.15. The van der Waals surface area contributed by atoms with Gasteiger partial charge in [0.15, 0.2) is 5.15 Å². The van der Waals surface area contributed by atoms with Crippen molar-refractivity contribution in [3.05, 3.63) is 22.5 Å². The molecule has 1 rings (SSSR count). The fraction of sp³-hybridized carbons (Fsp3) is 0.286. The van der Waals surface area contributed by atoms with Gasteiger partial charge < -0.3 is 5.73 Å². The van der Waals surface area contributed by atoms with Crippen molar-refractivity contribution in [2.75, 3.05) is 5.73 Å². The van der Waals surface area contributed by atoms with Crippen molar-refractivity contribution in [2.45, 2.75) is 11.8 Å². The molecule has 0 unspecified atom stereocenters. The van der Waals surface area contributed by atoms with E-state index in [1.807, 2.05) is 0 Å². The molecule has 13 heavy (non-hydrogen) atoms. The van der Waals surface area contributed by atoms with Gasteiger partial charge >= 0.3 is 0 Å². The quantitative estimate of drug-likeness (QED) is 0.663. The average molecular weight is 271 g/mol. The molecule has 0 fully saturated rings. The highest BCUT2D eigenvalue weighted by Crippen LogP contribution is 2.28. The number of hydrogen-bond acceptors (Lipinski definition) is 2. The first kappa shape index (κ1) is 10.7. The molecule has 0 aliphatic rings. The second kappa shape index (κ2) is 4.19. The van der Waals surface area contributed by atoms with Crippen LogP contribution in [0, 0.1) is 0 Å². The van der Waals surface area contributed by atoms with E-state index in [0.29, 0.717) is 0 Å². The molecule has 0 aliphatic heterocycles. The Kier molecular flexibility index (Phi) is 3.44. The molecule has 0 aromatic carbocycles. The van der Waals surface area contributed by atoms with E-state index in [-0.39, 0.29) is 27.4 Å².